The Kier molecular flexibility index (Phi) is 6.22. The Morgan fingerprint density at radius 2 is 0.846 bits per heavy atom. The summed E-state index contributed by atoms with van der Waals surface area (Å²) in [5, 5.41) is 7.46. The van der Waals surface area contributed by atoms with Crippen LogP contribution in [0.2, 0.25) is 0 Å². The maximum atomic E-state index is 5.22. The second kappa shape index (κ2) is 11.2. The van der Waals surface area contributed by atoms with Gasteiger partial charge >= 0.3 is 0 Å². The smallest absolute Gasteiger partial charge is 0.0973 e. The van der Waals surface area contributed by atoms with E-state index in [1.54, 1.807) is 0 Å². The third kappa shape index (κ3) is 4.28. The maximum absolute atomic E-state index is 5.22. The number of aromatic nitrogens is 4. The predicted molar refractivity (Wildman–Crippen MR) is 217 cm³/mol. The van der Waals surface area contributed by atoms with E-state index in [4.69, 9.17) is 9.97 Å². The van der Waals surface area contributed by atoms with Gasteiger partial charge in [-0.1, -0.05) is 121 Å². The normalized spacial score (nSPS) is 11.8. The summed E-state index contributed by atoms with van der Waals surface area (Å²) in [5.41, 5.74) is 12.5. The van der Waals surface area contributed by atoms with Crippen LogP contribution in [0.15, 0.2) is 182 Å². The molecule has 0 atom stereocenters. The molecule has 0 bridgehead atoms. The van der Waals surface area contributed by atoms with Gasteiger partial charge in [-0.3, -0.25) is 0 Å². The van der Waals surface area contributed by atoms with E-state index >= 15 is 0 Å². The number of fused-ring (bicyclic) bond motifs is 9. The number of nitrogens with zero attached hydrogens (tertiary/aromatic N) is 4. The molecule has 0 amide bonds. The van der Waals surface area contributed by atoms with E-state index in [2.05, 4.69) is 161 Å². The van der Waals surface area contributed by atoms with Gasteiger partial charge in [-0.15, -0.1) is 0 Å². The van der Waals surface area contributed by atoms with Crippen LogP contribution in [0.3, 0.4) is 0 Å². The number of rotatable bonds is 4. The Morgan fingerprint density at radius 3 is 1.52 bits per heavy atom. The fraction of sp³-hybridized carbons (Fsp3) is 0. The fourth-order valence-corrected chi connectivity index (χ4v) is 8.18. The van der Waals surface area contributed by atoms with E-state index in [0.29, 0.717) is 0 Å². The second-order valence-corrected chi connectivity index (χ2v) is 13.4. The molecular weight excluding hydrogens is 633 g/mol. The van der Waals surface area contributed by atoms with Gasteiger partial charge in [0.1, 0.15) is 0 Å². The van der Waals surface area contributed by atoms with Crippen LogP contribution >= 0.6 is 0 Å². The van der Waals surface area contributed by atoms with Gasteiger partial charge < -0.3 is 9.13 Å². The van der Waals surface area contributed by atoms with Crippen LogP contribution in [-0.2, 0) is 0 Å². The summed E-state index contributed by atoms with van der Waals surface area (Å²) >= 11 is 0. The standard InChI is InChI=1S/C48H30N4/c1-2-14-32(15-3-1)47-48(50-40-22-9-8-21-39(40)49-47)34-17-12-18-35(30-34)51-41-23-10-6-19-37(41)45-43(51)27-28-44-46(45)38-20-7-11-24-42(38)52(44)36-26-25-31-13-4-5-16-33(31)29-36/h1-30H. The Morgan fingerprint density at radius 1 is 0.327 bits per heavy atom. The minimum Gasteiger partial charge on any atom is -0.309 e. The highest BCUT2D eigenvalue weighted by atomic mass is 15.0. The summed E-state index contributed by atoms with van der Waals surface area (Å²) in [5.74, 6) is 0. The van der Waals surface area contributed by atoms with Gasteiger partial charge in [-0.25, -0.2) is 9.97 Å². The van der Waals surface area contributed by atoms with Crippen molar-refractivity contribution in [2.75, 3.05) is 0 Å². The number of hydrogen-bond acceptors (Lipinski definition) is 2. The lowest BCUT2D eigenvalue weighted by Gasteiger charge is -2.13. The molecule has 242 valence electrons. The highest BCUT2D eigenvalue weighted by Crippen LogP contribution is 2.43. The number of benzene rings is 8. The largest absolute Gasteiger partial charge is 0.309 e. The lowest BCUT2D eigenvalue weighted by molar-refractivity contribution is 1.17. The zero-order valence-corrected chi connectivity index (χ0v) is 28.1. The van der Waals surface area contributed by atoms with E-state index in [1.807, 2.05) is 30.3 Å². The molecule has 0 unspecified atom stereocenters. The highest BCUT2D eigenvalue weighted by Gasteiger charge is 2.21. The third-order valence-electron chi connectivity index (χ3n) is 10.5. The third-order valence-corrected chi connectivity index (χ3v) is 10.5. The molecule has 0 saturated carbocycles. The van der Waals surface area contributed by atoms with Crippen molar-refractivity contribution in [2.45, 2.75) is 0 Å². The highest BCUT2D eigenvalue weighted by molar-refractivity contribution is 6.29. The van der Waals surface area contributed by atoms with Crippen molar-refractivity contribution >= 4 is 65.4 Å². The first-order chi connectivity index (χ1) is 25.8. The molecule has 3 heterocycles. The molecule has 0 saturated heterocycles. The molecule has 3 aromatic heterocycles. The van der Waals surface area contributed by atoms with Crippen LogP contribution in [0.4, 0.5) is 0 Å². The molecule has 0 N–H and O–H groups in total. The van der Waals surface area contributed by atoms with Crippen LogP contribution in [0, 0.1) is 0 Å². The predicted octanol–water partition coefficient (Wildman–Crippen LogP) is 12.3. The Bertz CT molecular complexity index is 3190. The fourth-order valence-electron chi connectivity index (χ4n) is 8.18. The molecule has 0 aliphatic carbocycles. The lowest BCUT2D eigenvalue weighted by atomic mass is 10.0. The van der Waals surface area contributed by atoms with Gasteiger partial charge in [-0.05, 0) is 71.4 Å². The van der Waals surface area contributed by atoms with Crippen LogP contribution in [0.5, 0.6) is 0 Å². The van der Waals surface area contributed by atoms with E-state index in [9.17, 15) is 0 Å². The van der Waals surface area contributed by atoms with Crippen LogP contribution in [-0.4, -0.2) is 19.1 Å². The molecule has 0 aliphatic rings. The van der Waals surface area contributed by atoms with Crippen molar-refractivity contribution in [3.8, 4) is 33.9 Å². The van der Waals surface area contributed by atoms with Crippen molar-refractivity contribution in [1.29, 1.82) is 0 Å². The summed E-state index contributed by atoms with van der Waals surface area (Å²) in [6.07, 6.45) is 0. The molecule has 11 rings (SSSR count). The first-order valence-electron chi connectivity index (χ1n) is 17.7. The average Bonchev–Trinajstić information content (AvgIpc) is 3.73. The summed E-state index contributed by atoms with van der Waals surface area (Å²) in [6.45, 7) is 0. The van der Waals surface area contributed by atoms with Crippen molar-refractivity contribution in [3.63, 3.8) is 0 Å². The molecule has 0 aliphatic heterocycles. The van der Waals surface area contributed by atoms with Crippen LogP contribution in [0.25, 0.3) is 99.3 Å². The summed E-state index contributed by atoms with van der Waals surface area (Å²) in [4.78, 5) is 10.4. The molecule has 4 heteroatoms. The van der Waals surface area contributed by atoms with E-state index in [0.717, 1.165) is 50.4 Å². The monoisotopic (exact) mass is 662 g/mol. The summed E-state index contributed by atoms with van der Waals surface area (Å²) in [6, 6.07) is 64.8. The second-order valence-electron chi connectivity index (χ2n) is 13.4. The van der Waals surface area contributed by atoms with E-state index in [-0.39, 0.29) is 0 Å². The topological polar surface area (TPSA) is 35.6 Å². The summed E-state index contributed by atoms with van der Waals surface area (Å²) in [7, 11) is 0. The van der Waals surface area contributed by atoms with E-state index < -0.39 is 0 Å². The number of hydrogen-bond donors (Lipinski definition) is 0. The van der Waals surface area contributed by atoms with Gasteiger partial charge in [0.25, 0.3) is 0 Å². The van der Waals surface area contributed by atoms with Crippen molar-refractivity contribution in [3.05, 3.63) is 182 Å². The first-order valence-corrected chi connectivity index (χ1v) is 17.7. The van der Waals surface area contributed by atoms with E-state index in [1.165, 1.54) is 48.9 Å². The molecule has 52 heavy (non-hydrogen) atoms. The quantitative estimate of drug-likeness (QED) is 0.188. The van der Waals surface area contributed by atoms with Crippen LogP contribution in [0.1, 0.15) is 0 Å². The Balaban J connectivity index is 1.18. The molecule has 0 radical (unpaired) electrons. The minimum atomic E-state index is 0.869. The molecule has 0 spiro atoms. The average molecular weight is 663 g/mol. The zero-order valence-electron chi connectivity index (χ0n) is 28.1. The van der Waals surface area contributed by atoms with Crippen LogP contribution < -0.4 is 0 Å². The van der Waals surface area contributed by atoms with Gasteiger partial charge in [0.05, 0.1) is 44.5 Å². The zero-order chi connectivity index (χ0) is 34.2. The molecule has 8 aromatic carbocycles. The SMILES string of the molecule is c1ccc(-c2nc3ccccc3nc2-c2cccc(-n3c4ccccc4c4c5c6ccccc6n(-c6ccc7ccccc7c6)c5ccc43)c2)cc1. The maximum Gasteiger partial charge on any atom is 0.0973 e. The van der Waals surface area contributed by atoms with Gasteiger partial charge in [-0.2, -0.15) is 0 Å². The Hall–Kier alpha value is -7.04. The van der Waals surface area contributed by atoms with Crippen molar-refractivity contribution in [1.82, 2.24) is 19.1 Å². The molecule has 0 fully saturated rings. The van der Waals surface area contributed by atoms with Gasteiger partial charge in [0.2, 0.25) is 0 Å². The van der Waals surface area contributed by atoms with Crippen molar-refractivity contribution < 1.29 is 0 Å². The lowest BCUT2D eigenvalue weighted by Crippen LogP contribution is -1.98. The molecule has 4 nitrogen and oxygen atoms in total. The van der Waals surface area contributed by atoms with Crippen molar-refractivity contribution in [2.24, 2.45) is 0 Å². The Labute approximate surface area is 299 Å². The number of para-hydroxylation sites is 4. The van der Waals surface area contributed by atoms with Gasteiger partial charge in [0, 0.05) is 44.0 Å². The molecule has 11 aromatic rings. The van der Waals surface area contributed by atoms with Gasteiger partial charge in [0.15, 0.2) is 0 Å². The minimum absolute atomic E-state index is 0.869. The summed E-state index contributed by atoms with van der Waals surface area (Å²) < 4.78 is 4.83. The molecular formula is C48H30N4. The first kappa shape index (κ1) is 28.8.